The van der Waals surface area contributed by atoms with E-state index in [1.165, 1.54) is 0 Å². The number of rotatable bonds is 5. The summed E-state index contributed by atoms with van der Waals surface area (Å²) >= 11 is 0. The third-order valence-corrected chi connectivity index (χ3v) is 4.48. The average Bonchev–Trinajstić information content (AvgIpc) is 2.50. The topological polar surface area (TPSA) is 66.8 Å². The second-order valence-electron chi connectivity index (χ2n) is 6.65. The lowest BCUT2D eigenvalue weighted by Gasteiger charge is -2.37. The van der Waals surface area contributed by atoms with E-state index in [9.17, 15) is 14.7 Å². The number of hydrogen-bond acceptors (Lipinski definition) is 3. The molecular formula is C18H25NO4. The Bertz CT molecular complexity index is 599. The number of carboxylic acid groups (broad SMARTS) is 1. The van der Waals surface area contributed by atoms with E-state index in [-0.39, 0.29) is 18.9 Å². The van der Waals surface area contributed by atoms with E-state index in [1.807, 2.05) is 32.0 Å². The monoisotopic (exact) mass is 319 g/mol. The lowest BCUT2D eigenvalue weighted by atomic mass is 9.82. The van der Waals surface area contributed by atoms with Crippen molar-refractivity contribution in [3.8, 4) is 5.75 Å². The maximum absolute atomic E-state index is 12.3. The molecule has 0 radical (unpaired) electrons. The molecule has 1 aromatic rings. The van der Waals surface area contributed by atoms with Crippen molar-refractivity contribution in [2.24, 2.45) is 5.41 Å². The molecule has 0 saturated carbocycles. The summed E-state index contributed by atoms with van der Waals surface area (Å²) in [6.45, 7) is 6.90. The highest BCUT2D eigenvalue weighted by Gasteiger charge is 2.39. The highest BCUT2D eigenvalue weighted by atomic mass is 16.5. The largest absolute Gasteiger partial charge is 0.493 e. The van der Waals surface area contributed by atoms with Gasteiger partial charge in [0.25, 0.3) is 0 Å². The van der Waals surface area contributed by atoms with Crippen LogP contribution in [0.25, 0.3) is 0 Å². The number of amides is 1. The Morgan fingerprint density at radius 1 is 1.35 bits per heavy atom. The standard InChI is InChI=1S/C18H25NO4/c1-13-5-6-14(2)15(11-13)23-10-7-16(20)19-9-4-8-18(3,12-19)17(21)22/h5-6,11H,4,7-10,12H2,1-3H3,(H,21,22). The van der Waals surface area contributed by atoms with Gasteiger partial charge in [-0.3, -0.25) is 9.59 Å². The van der Waals surface area contributed by atoms with Crippen LogP contribution in [-0.2, 0) is 9.59 Å². The molecule has 2 rings (SSSR count). The van der Waals surface area contributed by atoms with Crippen molar-refractivity contribution in [1.29, 1.82) is 0 Å². The van der Waals surface area contributed by atoms with E-state index in [0.29, 0.717) is 19.6 Å². The van der Waals surface area contributed by atoms with E-state index in [4.69, 9.17) is 4.74 Å². The van der Waals surface area contributed by atoms with Crippen LogP contribution < -0.4 is 4.74 Å². The van der Waals surface area contributed by atoms with Gasteiger partial charge < -0.3 is 14.7 Å². The van der Waals surface area contributed by atoms with Crippen LogP contribution in [0.3, 0.4) is 0 Å². The van der Waals surface area contributed by atoms with Gasteiger partial charge in [0.15, 0.2) is 0 Å². The van der Waals surface area contributed by atoms with Gasteiger partial charge in [0, 0.05) is 13.1 Å². The number of nitrogens with zero attached hydrogens (tertiary/aromatic N) is 1. The first-order chi connectivity index (χ1) is 10.8. The van der Waals surface area contributed by atoms with Gasteiger partial charge in [-0.05, 0) is 50.8 Å². The number of carbonyl (C=O) groups excluding carboxylic acids is 1. The molecule has 1 aliphatic rings. The van der Waals surface area contributed by atoms with E-state index in [1.54, 1.807) is 11.8 Å². The van der Waals surface area contributed by atoms with Crippen LogP contribution >= 0.6 is 0 Å². The fourth-order valence-corrected chi connectivity index (χ4v) is 2.90. The second kappa shape index (κ2) is 7.02. The van der Waals surface area contributed by atoms with Crippen LogP contribution in [0.1, 0.15) is 37.3 Å². The fourth-order valence-electron chi connectivity index (χ4n) is 2.90. The number of piperidine rings is 1. The quantitative estimate of drug-likeness (QED) is 0.906. The van der Waals surface area contributed by atoms with Gasteiger partial charge in [-0.25, -0.2) is 0 Å². The molecule has 1 N–H and O–H groups in total. The molecular weight excluding hydrogens is 294 g/mol. The molecule has 1 amide bonds. The Kier molecular flexibility index (Phi) is 5.29. The number of aryl methyl sites for hydroxylation is 2. The fraction of sp³-hybridized carbons (Fsp3) is 0.556. The predicted molar refractivity (Wildman–Crippen MR) is 87.6 cm³/mol. The number of benzene rings is 1. The van der Waals surface area contributed by atoms with Gasteiger partial charge in [0.1, 0.15) is 5.75 Å². The Morgan fingerprint density at radius 2 is 2.09 bits per heavy atom. The van der Waals surface area contributed by atoms with Crippen molar-refractivity contribution < 1.29 is 19.4 Å². The SMILES string of the molecule is Cc1ccc(C)c(OCCC(=O)N2CCCC(C)(C(=O)O)C2)c1. The number of likely N-dealkylation sites (tertiary alicyclic amines) is 1. The number of carbonyl (C=O) groups is 2. The Morgan fingerprint density at radius 3 is 2.78 bits per heavy atom. The summed E-state index contributed by atoms with van der Waals surface area (Å²) in [7, 11) is 0. The van der Waals surface area contributed by atoms with E-state index >= 15 is 0 Å². The first-order valence-electron chi connectivity index (χ1n) is 8.03. The highest BCUT2D eigenvalue weighted by Crippen LogP contribution is 2.30. The van der Waals surface area contributed by atoms with Gasteiger partial charge in [-0.2, -0.15) is 0 Å². The average molecular weight is 319 g/mol. The van der Waals surface area contributed by atoms with Gasteiger partial charge >= 0.3 is 5.97 Å². The predicted octanol–water partition coefficient (Wildman–Crippen LogP) is 2.79. The third kappa shape index (κ3) is 4.24. The van der Waals surface area contributed by atoms with Gasteiger partial charge in [0.2, 0.25) is 5.91 Å². The molecule has 0 aliphatic carbocycles. The van der Waals surface area contributed by atoms with Crippen molar-refractivity contribution in [2.45, 2.75) is 40.0 Å². The summed E-state index contributed by atoms with van der Waals surface area (Å²) in [4.78, 5) is 25.3. The van der Waals surface area contributed by atoms with Crippen LogP contribution in [0.2, 0.25) is 0 Å². The van der Waals surface area contributed by atoms with Crippen molar-refractivity contribution in [1.82, 2.24) is 4.90 Å². The third-order valence-electron chi connectivity index (χ3n) is 4.48. The van der Waals surface area contributed by atoms with Crippen molar-refractivity contribution in [3.05, 3.63) is 29.3 Å². The van der Waals surface area contributed by atoms with E-state index in [2.05, 4.69) is 0 Å². The van der Waals surface area contributed by atoms with Crippen molar-refractivity contribution >= 4 is 11.9 Å². The van der Waals surface area contributed by atoms with Gasteiger partial charge in [-0.15, -0.1) is 0 Å². The molecule has 23 heavy (non-hydrogen) atoms. The smallest absolute Gasteiger partial charge is 0.311 e. The van der Waals surface area contributed by atoms with Crippen LogP contribution in [0.5, 0.6) is 5.75 Å². The van der Waals surface area contributed by atoms with E-state index < -0.39 is 11.4 Å². The second-order valence-corrected chi connectivity index (χ2v) is 6.65. The minimum atomic E-state index is -0.832. The first-order valence-corrected chi connectivity index (χ1v) is 8.03. The Balaban J connectivity index is 1.87. The van der Waals surface area contributed by atoms with Crippen molar-refractivity contribution in [2.75, 3.05) is 19.7 Å². The lowest BCUT2D eigenvalue weighted by Crippen LogP contribution is -2.48. The molecule has 1 heterocycles. The molecule has 1 fully saturated rings. The van der Waals surface area contributed by atoms with Crippen LogP contribution in [0, 0.1) is 19.3 Å². The molecule has 5 heteroatoms. The molecule has 1 atom stereocenters. The summed E-state index contributed by atoms with van der Waals surface area (Å²) in [6.07, 6.45) is 1.61. The van der Waals surface area contributed by atoms with E-state index in [0.717, 1.165) is 23.3 Å². The first kappa shape index (κ1) is 17.3. The highest BCUT2D eigenvalue weighted by molar-refractivity contribution is 5.79. The summed E-state index contributed by atoms with van der Waals surface area (Å²) < 4.78 is 5.71. The van der Waals surface area contributed by atoms with Gasteiger partial charge in [0.05, 0.1) is 18.4 Å². The van der Waals surface area contributed by atoms with Gasteiger partial charge in [-0.1, -0.05) is 12.1 Å². The number of ether oxygens (including phenoxy) is 1. The summed E-state index contributed by atoms with van der Waals surface area (Å²) in [6, 6.07) is 5.98. The minimum Gasteiger partial charge on any atom is -0.493 e. The summed E-state index contributed by atoms with van der Waals surface area (Å²) in [5.41, 5.74) is 1.33. The zero-order valence-corrected chi connectivity index (χ0v) is 14.1. The maximum Gasteiger partial charge on any atom is 0.311 e. The number of carboxylic acids is 1. The summed E-state index contributed by atoms with van der Waals surface area (Å²) in [5, 5.41) is 9.32. The molecule has 1 aliphatic heterocycles. The lowest BCUT2D eigenvalue weighted by molar-refractivity contribution is -0.153. The van der Waals surface area contributed by atoms with Crippen LogP contribution in [0.4, 0.5) is 0 Å². The molecule has 1 aromatic carbocycles. The van der Waals surface area contributed by atoms with Crippen LogP contribution in [0.15, 0.2) is 18.2 Å². The van der Waals surface area contributed by atoms with Crippen molar-refractivity contribution in [3.63, 3.8) is 0 Å². The zero-order valence-electron chi connectivity index (χ0n) is 14.1. The Hall–Kier alpha value is -2.04. The molecule has 0 aromatic heterocycles. The normalized spacial score (nSPS) is 21.1. The molecule has 0 bridgehead atoms. The maximum atomic E-state index is 12.3. The Labute approximate surface area is 137 Å². The molecule has 5 nitrogen and oxygen atoms in total. The zero-order chi connectivity index (χ0) is 17.0. The minimum absolute atomic E-state index is 0.0394. The molecule has 1 saturated heterocycles. The number of hydrogen-bond donors (Lipinski definition) is 1. The molecule has 126 valence electrons. The number of aliphatic carboxylic acids is 1. The molecule has 0 spiro atoms. The summed E-state index contributed by atoms with van der Waals surface area (Å²) in [5.74, 6) is -0.0732. The molecule has 1 unspecified atom stereocenters. The van der Waals surface area contributed by atoms with Crippen LogP contribution in [-0.4, -0.2) is 41.6 Å².